The van der Waals surface area contributed by atoms with E-state index in [4.69, 9.17) is 0 Å². The summed E-state index contributed by atoms with van der Waals surface area (Å²) in [5.41, 5.74) is 3.32. The molecule has 3 aliphatic rings. The van der Waals surface area contributed by atoms with E-state index in [1.54, 1.807) is 6.07 Å². The van der Waals surface area contributed by atoms with Crippen molar-refractivity contribution in [3.05, 3.63) is 34.9 Å². The molecule has 4 rings (SSSR count). The second kappa shape index (κ2) is 4.84. The lowest BCUT2D eigenvalue weighted by molar-refractivity contribution is -0.117. The summed E-state index contributed by atoms with van der Waals surface area (Å²) < 4.78 is 26.6. The first kappa shape index (κ1) is 13.8. The molecular weight excluding hydrogens is 300 g/mol. The number of nitrogens with one attached hydrogen (secondary N) is 2. The van der Waals surface area contributed by atoms with Crippen molar-refractivity contribution in [3.8, 4) is 0 Å². The lowest BCUT2D eigenvalue weighted by Crippen LogP contribution is -2.26. The number of hydrogen-bond donors (Lipinski definition) is 2. The number of rotatable bonds is 5. The van der Waals surface area contributed by atoms with Gasteiger partial charge in [0.2, 0.25) is 15.9 Å². The van der Waals surface area contributed by atoms with Gasteiger partial charge in [0.25, 0.3) is 0 Å². The van der Waals surface area contributed by atoms with Crippen molar-refractivity contribution in [2.24, 2.45) is 0 Å². The van der Waals surface area contributed by atoms with Crippen molar-refractivity contribution in [2.45, 2.75) is 43.4 Å². The quantitative estimate of drug-likeness (QED) is 0.869. The summed E-state index contributed by atoms with van der Waals surface area (Å²) in [6.45, 7) is 0. The molecule has 2 fully saturated rings. The number of carbonyl (C=O) groups excluding carboxylic acids is 1. The SMILES string of the molecule is O=C(NC1CC1)C1=Cc2cc(NS(=O)(=O)C3CC3)ccc2C1. The highest BCUT2D eigenvalue weighted by molar-refractivity contribution is 7.93. The van der Waals surface area contributed by atoms with Gasteiger partial charge in [-0.3, -0.25) is 9.52 Å². The second-order valence-electron chi connectivity index (χ2n) is 6.35. The molecule has 0 aromatic heterocycles. The Morgan fingerprint density at radius 3 is 2.59 bits per heavy atom. The molecule has 1 aromatic rings. The molecule has 1 amide bonds. The van der Waals surface area contributed by atoms with Crippen LogP contribution in [0, 0.1) is 0 Å². The standard InChI is InChI=1S/C16H18N2O3S/c19-16(17-13-3-4-13)12-7-10-1-2-14(9-11(10)8-12)18-22(20,21)15-5-6-15/h1-2,8-9,13,15,18H,3-7H2,(H,17,19). The summed E-state index contributed by atoms with van der Waals surface area (Å²) >= 11 is 0. The Hall–Kier alpha value is -1.82. The van der Waals surface area contributed by atoms with Crippen molar-refractivity contribution >= 4 is 27.7 Å². The fraction of sp³-hybridized carbons (Fsp3) is 0.438. The molecule has 0 heterocycles. The van der Waals surface area contributed by atoms with Crippen LogP contribution in [0.25, 0.3) is 6.08 Å². The van der Waals surface area contributed by atoms with Crippen LogP contribution < -0.4 is 10.0 Å². The Labute approximate surface area is 129 Å². The topological polar surface area (TPSA) is 75.3 Å². The number of amides is 1. The second-order valence-corrected chi connectivity index (χ2v) is 8.31. The van der Waals surface area contributed by atoms with Crippen LogP contribution in [0.4, 0.5) is 5.69 Å². The molecule has 1 aromatic carbocycles. The number of carbonyl (C=O) groups is 1. The van der Waals surface area contributed by atoms with Crippen LogP contribution in [0.1, 0.15) is 36.8 Å². The molecule has 0 spiro atoms. The van der Waals surface area contributed by atoms with Gasteiger partial charge in [-0.2, -0.15) is 0 Å². The zero-order chi connectivity index (χ0) is 15.3. The van der Waals surface area contributed by atoms with Crippen LogP contribution in [0.2, 0.25) is 0 Å². The first-order valence-corrected chi connectivity index (χ1v) is 9.22. The highest BCUT2D eigenvalue weighted by atomic mass is 32.2. The van der Waals surface area contributed by atoms with Gasteiger partial charge < -0.3 is 5.32 Å². The zero-order valence-corrected chi connectivity index (χ0v) is 12.9. The van der Waals surface area contributed by atoms with Gasteiger partial charge >= 0.3 is 0 Å². The molecule has 0 atom stereocenters. The maximum atomic E-state index is 12.1. The molecule has 3 aliphatic carbocycles. The van der Waals surface area contributed by atoms with Crippen LogP contribution in [-0.2, 0) is 21.2 Å². The molecule has 0 unspecified atom stereocenters. The molecule has 0 saturated heterocycles. The van der Waals surface area contributed by atoms with Gasteiger partial charge in [-0.25, -0.2) is 8.42 Å². The summed E-state index contributed by atoms with van der Waals surface area (Å²) in [5.74, 6) is -0.00110. The van der Waals surface area contributed by atoms with Gasteiger partial charge in [-0.15, -0.1) is 0 Å². The minimum atomic E-state index is -3.25. The fourth-order valence-electron chi connectivity index (χ4n) is 2.68. The Balaban J connectivity index is 1.52. The predicted octanol–water partition coefficient (Wildman–Crippen LogP) is 1.81. The van der Waals surface area contributed by atoms with Crippen LogP contribution in [0.15, 0.2) is 23.8 Å². The van der Waals surface area contributed by atoms with Crippen LogP contribution in [0.5, 0.6) is 0 Å². The predicted molar refractivity (Wildman–Crippen MR) is 84.9 cm³/mol. The van der Waals surface area contributed by atoms with E-state index in [9.17, 15) is 13.2 Å². The summed E-state index contributed by atoms with van der Waals surface area (Å²) in [6, 6.07) is 5.83. The minimum absolute atomic E-state index is 0.00110. The van der Waals surface area contributed by atoms with E-state index in [0.29, 0.717) is 18.2 Å². The number of benzene rings is 1. The van der Waals surface area contributed by atoms with E-state index in [1.165, 1.54) is 0 Å². The van der Waals surface area contributed by atoms with Crippen molar-refractivity contribution in [2.75, 3.05) is 4.72 Å². The van der Waals surface area contributed by atoms with Gasteiger partial charge in [0, 0.05) is 23.7 Å². The van der Waals surface area contributed by atoms with E-state index >= 15 is 0 Å². The van der Waals surface area contributed by atoms with Crippen molar-refractivity contribution in [3.63, 3.8) is 0 Å². The van der Waals surface area contributed by atoms with Gasteiger partial charge in [-0.05, 0) is 55.0 Å². The Kier molecular flexibility index (Phi) is 3.04. The largest absolute Gasteiger partial charge is 0.350 e. The van der Waals surface area contributed by atoms with Gasteiger partial charge in [0.05, 0.1) is 5.25 Å². The van der Waals surface area contributed by atoms with E-state index < -0.39 is 10.0 Å². The maximum Gasteiger partial charge on any atom is 0.247 e. The molecular formula is C16H18N2O3S. The molecule has 6 heteroatoms. The van der Waals surface area contributed by atoms with E-state index in [2.05, 4.69) is 10.0 Å². The molecule has 22 heavy (non-hydrogen) atoms. The van der Waals surface area contributed by atoms with Crippen molar-refractivity contribution < 1.29 is 13.2 Å². The van der Waals surface area contributed by atoms with Gasteiger partial charge in [0.15, 0.2) is 0 Å². The van der Waals surface area contributed by atoms with Crippen LogP contribution in [-0.4, -0.2) is 25.6 Å². The van der Waals surface area contributed by atoms with E-state index in [1.807, 2.05) is 18.2 Å². The van der Waals surface area contributed by atoms with Crippen molar-refractivity contribution in [1.29, 1.82) is 0 Å². The van der Waals surface area contributed by atoms with Crippen LogP contribution >= 0.6 is 0 Å². The molecule has 2 saturated carbocycles. The summed E-state index contributed by atoms with van der Waals surface area (Å²) in [7, 11) is -3.25. The zero-order valence-electron chi connectivity index (χ0n) is 12.1. The first-order chi connectivity index (χ1) is 10.5. The smallest absolute Gasteiger partial charge is 0.247 e. The number of anilines is 1. The molecule has 5 nitrogen and oxygen atoms in total. The molecule has 2 N–H and O–H groups in total. The average molecular weight is 318 g/mol. The third-order valence-corrected chi connectivity index (χ3v) is 6.15. The number of sulfonamides is 1. The number of fused-ring (bicyclic) bond motifs is 1. The third-order valence-electron chi connectivity index (χ3n) is 4.28. The lowest BCUT2D eigenvalue weighted by Gasteiger charge is -2.08. The maximum absolute atomic E-state index is 12.1. The third kappa shape index (κ3) is 2.75. The monoisotopic (exact) mass is 318 g/mol. The summed E-state index contributed by atoms with van der Waals surface area (Å²) in [4.78, 5) is 12.1. The Morgan fingerprint density at radius 1 is 1.14 bits per heavy atom. The van der Waals surface area contributed by atoms with Gasteiger partial charge in [-0.1, -0.05) is 6.07 Å². The molecule has 116 valence electrons. The highest BCUT2D eigenvalue weighted by Gasteiger charge is 2.35. The Bertz CT molecular complexity index is 775. The highest BCUT2D eigenvalue weighted by Crippen LogP contribution is 2.32. The fourth-order valence-corrected chi connectivity index (χ4v) is 4.05. The van der Waals surface area contributed by atoms with Gasteiger partial charge in [0.1, 0.15) is 0 Å². The first-order valence-electron chi connectivity index (χ1n) is 7.67. The molecule has 0 aliphatic heterocycles. The Morgan fingerprint density at radius 2 is 1.91 bits per heavy atom. The van der Waals surface area contributed by atoms with E-state index in [-0.39, 0.29) is 11.2 Å². The van der Waals surface area contributed by atoms with Crippen LogP contribution in [0.3, 0.4) is 0 Å². The lowest BCUT2D eigenvalue weighted by atomic mass is 10.1. The normalized spacial score (nSPS) is 20.3. The summed E-state index contributed by atoms with van der Waals surface area (Å²) in [6.07, 6.45) is 6.10. The van der Waals surface area contributed by atoms with E-state index in [0.717, 1.165) is 42.4 Å². The average Bonchev–Trinajstić information content (AvgIpc) is 3.35. The number of hydrogen-bond acceptors (Lipinski definition) is 3. The van der Waals surface area contributed by atoms with Crippen molar-refractivity contribution in [1.82, 2.24) is 5.32 Å². The molecule has 0 radical (unpaired) electrons. The molecule has 0 bridgehead atoms. The summed E-state index contributed by atoms with van der Waals surface area (Å²) in [5, 5.41) is 2.75. The minimum Gasteiger partial charge on any atom is -0.350 e.